The lowest BCUT2D eigenvalue weighted by Crippen LogP contribution is -2.41. The van der Waals surface area contributed by atoms with Gasteiger partial charge in [-0.3, -0.25) is 4.90 Å². The number of rotatable bonds is 5. The first kappa shape index (κ1) is 20.1. The normalized spacial score (nSPS) is 33.5. The second-order valence-corrected chi connectivity index (χ2v) is 9.34. The van der Waals surface area contributed by atoms with Crippen LogP contribution in [0.15, 0.2) is 24.3 Å². The summed E-state index contributed by atoms with van der Waals surface area (Å²) in [4.78, 5) is 2.36. The van der Waals surface area contributed by atoms with Gasteiger partial charge in [0.15, 0.2) is 0 Å². The molecular formula is C22H34ClNO2. The number of ether oxygens (including phenoxy) is 1. The number of β-amino-alcohol motifs (C(OH)–C–C–N with tert-alkyl or cyclic N) is 1. The molecule has 2 fully saturated rings. The van der Waals surface area contributed by atoms with Gasteiger partial charge in [-0.1, -0.05) is 45.0 Å². The monoisotopic (exact) mass is 379 g/mol. The van der Waals surface area contributed by atoms with Crippen LogP contribution in [0, 0.1) is 16.7 Å². The van der Waals surface area contributed by atoms with Crippen molar-refractivity contribution in [2.75, 3.05) is 19.7 Å². The molecule has 3 nitrogen and oxygen atoms in total. The van der Waals surface area contributed by atoms with Gasteiger partial charge in [-0.2, -0.15) is 0 Å². The van der Waals surface area contributed by atoms with Gasteiger partial charge in [-0.25, -0.2) is 0 Å². The second-order valence-electron chi connectivity index (χ2n) is 9.34. The molecule has 0 spiro atoms. The average molecular weight is 380 g/mol. The van der Waals surface area contributed by atoms with Crippen LogP contribution in [0.4, 0.5) is 0 Å². The number of halogens is 1. The minimum atomic E-state index is -0.392. The van der Waals surface area contributed by atoms with E-state index in [4.69, 9.17) is 4.74 Å². The standard InChI is InChI=1S/C22H33NO2.ClH/c1-21(2)18-8-10-22(21,3)20(12-18)25-15-19(24)14-23-11-9-16-6-4-5-7-17(16)13-23;/h4-7,18-20,24H,8-15H2,1-3H3;1H. The van der Waals surface area contributed by atoms with Crippen LogP contribution in [0.5, 0.6) is 0 Å². The van der Waals surface area contributed by atoms with Gasteiger partial charge in [0, 0.05) is 19.6 Å². The zero-order valence-electron chi connectivity index (χ0n) is 16.4. The van der Waals surface area contributed by atoms with Gasteiger partial charge < -0.3 is 9.84 Å². The van der Waals surface area contributed by atoms with Crippen molar-refractivity contribution >= 4 is 12.4 Å². The Labute approximate surface area is 164 Å². The molecule has 0 amide bonds. The van der Waals surface area contributed by atoms with E-state index in [1.807, 2.05) is 0 Å². The fourth-order valence-corrected chi connectivity index (χ4v) is 5.67. The van der Waals surface area contributed by atoms with Crippen LogP contribution < -0.4 is 0 Å². The number of aliphatic hydroxyl groups excluding tert-OH is 1. The van der Waals surface area contributed by atoms with Gasteiger partial charge >= 0.3 is 0 Å². The topological polar surface area (TPSA) is 32.7 Å². The van der Waals surface area contributed by atoms with Gasteiger partial charge in [-0.05, 0) is 53.6 Å². The highest BCUT2D eigenvalue weighted by Gasteiger charge is 2.61. The Morgan fingerprint density at radius 2 is 1.96 bits per heavy atom. The quantitative estimate of drug-likeness (QED) is 0.837. The van der Waals surface area contributed by atoms with E-state index in [1.54, 1.807) is 0 Å². The van der Waals surface area contributed by atoms with Crippen LogP contribution in [-0.4, -0.2) is 41.9 Å². The molecule has 4 unspecified atom stereocenters. The lowest BCUT2D eigenvalue weighted by atomic mass is 9.70. The maximum atomic E-state index is 10.5. The molecule has 1 heterocycles. The molecule has 1 N–H and O–H groups in total. The maximum absolute atomic E-state index is 10.5. The highest BCUT2D eigenvalue weighted by atomic mass is 35.5. The summed E-state index contributed by atoms with van der Waals surface area (Å²) < 4.78 is 6.27. The van der Waals surface area contributed by atoms with Crippen LogP contribution >= 0.6 is 12.4 Å². The first-order valence-electron chi connectivity index (χ1n) is 9.99. The minimum Gasteiger partial charge on any atom is -0.389 e. The van der Waals surface area contributed by atoms with E-state index in [1.165, 1.54) is 30.4 Å². The number of aliphatic hydroxyl groups is 1. The molecule has 26 heavy (non-hydrogen) atoms. The average Bonchev–Trinajstić information content (AvgIpc) is 2.93. The van der Waals surface area contributed by atoms with E-state index in [0.717, 1.165) is 25.4 Å². The number of hydrogen-bond donors (Lipinski definition) is 1. The van der Waals surface area contributed by atoms with Crippen molar-refractivity contribution in [3.05, 3.63) is 35.4 Å². The number of benzene rings is 1. The smallest absolute Gasteiger partial charge is 0.0900 e. The maximum Gasteiger partial charge on any atom is 0.0900 e. The summed E-state index contributed by atoms with van der Waals surface area (Å²) in [5.41, 5.74) is 3.52. The van der Waals surface area contributed by atoms with E-state index in [9.17, 15) is 5.11 Å². The zero-order valence-corrected chi connectivity index (χ0v) is 17.2. The molecule has 2 aliphatic carbocycles. The molecule has 4 heteroatoms. The summed E-state index contributed by atoms with van der Waals surface area (Å²) in [6.45, 7) is 10.4. The fourth-order valence-electron chi connectivity index (χ4n) is 5.67. The van der Waals surface area contributed by atoms with Gasteiger partial charge in [0.25, 0.3) is 0 Å². The molecule has 3 aliphatic rings. The Morgan fingerprint density at radius 1 is 1.23 bits per heavy atom. The van der Waals surface area contributed by atoms with Crippen LogP contribution in [0.2, 0.25) is 0 Å². The molecule has 2 saturated carbocycles. The first-order valence-corrected chi connectivity index (χ1v) is 9.99. The van der Waals surface area contributed by atoms with Crippen LogP contribution in [0.25, 0.3) is 0 Å². The lowest BCUT2D eigenvalue weighted by molar-refractivity contribution is -0.0798. The molecule has 146 valence electrons. The zero-order chi connectivity index (χ0) is 17.7. The van der Waals surface area contributed by atoms with E-state index < -0.39 is 6.10 Å². The highest BCUT2D eigenvalue weighted by Crippen LogP contribution is 2.66. The van der Waals surface area contributed by atoms with Crippen LogP contribution in [-0.2, 0) is 17.7 Å². The largest absolute Gasteiger partial charge is 0.389 e. The minimum absolute atomic E-state index is 0. The molecule has 4 rings (SSSR count). The van der Waals surface area contributed by atoms with Gasteiger partial charge in [0.1, 0.15) is 0 Å². The van der Waals surface area contributed by atoms with E-state index in [0.29, 0.717) is 24.7 Å². The van der Waals surface area contributed by atoms with Crippen molar-refractivity contribution in [1.82, 2.24) is 4.90 Å². The highest BCUT2D eigenvalue weighted by molar-refractivity contribution is 5.85. The predicted molar refractivity (Wildman–Crippen MR) is 108 cm³/mol. The molecule has 0 aromatic heterocycles. The number of fused-ring (bicyclic) bond motifs is 3. The molecule has 4 atom stereocenters. The fraction of sp³-hybridized carbons (Fsp3) is 0.727. The number of hydrogen-bond acceptors (Lipinski definition) is 3. The number of nitrogens with zero attached hydrogens (tertiary/aromatic N) is 1. The predicted octanol–water partition coefficient (Wildman–Crippen LogP) is 4.06. The van der Waals surface area contributed by atoms with Crippen molar-refractivity contribution in [2.24, 2.45) is 16.7 Å². The van der Waals surface area contributed by atoms with Crippen molar-refractivity contribution < 1.29 is 9.84 Å². The third kappa shape index (κ3) is 3.32. The van der Waals surface area contributed by atoms with E-state index in [-0.39, 0.29) is 17.8 Å². The molecule has 1 aromatic carbocycles. The summed E-state index contributed by atoms with van der Waals surface area (Å²) in [6, 6.07) is 8.67. The third-order valence-electron chi connectivity index (χ3n) is 7.88. The van der Waals surface area contributed by atoms with Crippen molar-refractivity contribution in [2.45, 2.75) is 65.2 Å². The van der Waals surface area contributed by atoms with E-state index >= 15 is 0 Å². The summed E-state index contributed by atoms with van der Waals surface area (Å²) in [5, 5.41) is 10.5. The summed E-state index contributed by atoms with van der Waals surface area (Å²) in [6.07, 6.45) is 4.80. The summed E-state index contributed by atoms with van der Waals surface area (Å²) in [5.74, 6) is 0.790. The molecule has 0 saturated heterocycles. The Kier molecular flexibility index (Phi) is 5.75. The summed E-state index contributed by atoms with van der Waals surface area (Å²) >= 11 is 0. The summed E-state index contributed by atoms with van der Waals surface area (Å²) in [7, 11) is 0. The van der Waals surface area contributed by atoms with Gasteiger partial charge in [0.2, 0.25) is 0 Å². The van der Waals surface area contributed by atoms with Gasteiger partial charge in [-0.15, -0.1) is 12.4 Å². The first-order chi connectivity index (χ1) is 11.9. The molecule has 2 bridgehead atoms. The van der Waals surface area contributed by atoms with Crippen molar-refractivity contribution in [3.63, 3.8) is 0 Å². The van der Waals surface area contributed by atoms with Crippen molar-refractivity contribution in [3.8, 4) is 0 Å². The molecule has 0 radical (unpaired) electrons. The Morgan fingerprint density at radius 3 is 2.62 bits per heavy atom. The van der Waals surface area contributed by atoms with Gasteiger partial charge in [0.05, 0.1) is 18.8 Å². The van der Waals surface area contributed by atoms with E-state index in [2.05, 4.69) is 49.9 Å². The molecular weight excluding hydrogens is 346 g/mol. The lowest BCUT2D eigenvalue weighted by Gasteiger charge is -2.39. The Hall–Kier alpha value is -0.610. The van der Waals surface area contributed by atoms with Crippen LogP contribution in [0.1, 0.15) is 51.2 Å². The molecule has 1 aromatic rings. The third-order valence-corrected chi connectivity index (χ3v) is 7.88. The Balaban J connectivity index is 0.00000196. The van der Waals surface area contributed by atoms with Crippen LogP contribution in [0.3, 0.4) is 0 Å². The molecule has 1 aliphatic heterocycles. The SMILES string of the molecule is CC1(C)C2CCC1(C)C(OCC(O)CN1CCc3ccccc3C1)C2.Cl. The van der Waals surface area contributed by atoms with Crippen molar-refractivity contribution in [1.29, 1.82) is 0 Å². The second kappa shape index (κ2) is 7.43. The Bertz CT molecular complexity index is 634.